The second-order valence-corrected chi connectivity index (χ2v) is 4.88. The molecule has 1 amide bonds. The number of non-ortho nitro benzene ring substituents is 1. The minimum atomic E-state index is -0.497. The van der Waals surface area contributed by atoms with E-state index in [1.807, 2.05) is 0 Å². The average Bonchev–Trinajstić information content (AvgIpc) is 2.61. The molecule has 0 atom stereocenters. The number of carbonyl (C=O) groups excluding carboxylic acids is 1. The number of nitrogens with zero attached hydrogens (tertiary/aromatic N) is 3. The molecule has 25 heavy (non-hydrogen) atoms. The topological polar surface area (TPSA) is 118 Å². The van der Waals surface area contributed by atoms with Gasteiger partial charge < -0.3 is 4.74 Å². The molecule has 126 valence electrons. The van der Waals surface area contributed by atoms with Gasteiger partial charge in [-0.2, -0.15) is 10.4 Å². The van der Waals surface area contributed by atoms with E-state index in [2.05, 4.69) is 10.5 Å². The molecule has 2 aromatic carbocycles. The Morgan fingerprint density at radius 1 is 1.28 bits per heavy atom. The molecule has 1 N–H and O–H groups in total. The molecule has 0 heterocycles. The van der Waals surface area contributed by atoms with Gasteiger partial charge in [0.05, 0.1) is 17.2 Å². The Kier molecular flexibility index (Phi) is 6.19. The van der Waals surface area contributed by atoms with E-state index >= 15 is 0 Å². The molecule has 0 unspecified atom stereocenters. The number of nitro benzene ring substituents is 1. The number of nitriles is 1. The first kappa shape index (κ1) is 17.6. The lowest BCUT2D eigenvalue weighted by Gasteiger charge is -2.09. The highest BCUT2D eigenvalue weighted by Crippen LogP contribution is 2.18. The van der Waals surface area contributed by atoms with Gasteiger partial charge in [0.2, 0.25) is 0 Å². The predicted octanol–water partition coefficient (Wildman–Crippen LogP) is 2.54. The fourth-order valence-electron chi connectivity index (χ4n) is 1.88. The van der Waals surface area contributed by atoms with Crippen LogP contribution in [0.3, 0.4) is 0 Å². The van der Waals surface area contributed by atoms with Crippen LogP contribution >= 0.6 is 0 Å². The van der Waals surface area contributed by atoms with Crippen molar-refractivity contribution in [2.45, 2.75) is 13.0 Å². The predicted molar refractivity (Wildman–Crippen MR) is 89.8 cm³/mol. The number of amides is 1. The number of para-hydroxylation sites is 1. The number of rotatable bonds is 7. The van der Waals surface area contributed by atoms with E-state index in [0.29, 0.717) is 11.3 Å². The van der Waals surface area contributed by atoms with Crippen LogP contribution in [0.5, 0.6) is 5.75 Å². The minimum absolute atomic E-state index is 0.0180. The third-order valence-corrected chi connectivity index (χ3v) is 3.09. The van der Waals surface area contributed by atoms with Gasteiger partial charge in [-0.1, -0.05) is 12.1 Å². The van der Waals surface area contributed by atoms with Crippen LogP contribution in [0.15, 0.2) is 53.6 Å². The molecule has 0 saturated carbocycles. The van der Waals surface area contributed by atoms with Gasteiger partial charge in [0, 0.05) is 17.7 Å². The molecular formula is C17H14N4O4. The monoisotopic (exact) mass is 338 g/mol. The Balaban J connectivity index is 2.00. The average molecular weight is 338 g/mol. The molecule has 0 radical (unpaired) electrons. The van der Waals surface area contributed by atoms with E-state index < -0.39 is 10.8 Å². The maximum atomic E-state index is 11.2. The van der Waals surface area contributed by atoms with E-state index in [9.17, 15) is 14.9 Å². The third kappa shape index (κ3) is 5.44. The molecule has 0 aromatic heterocycles. The van der Waals surface area contributed by atoms with Gasteiger partial charge in [0.15, 0.2) is 0 Å². The SMILES string of the molecule is N#CCC(=O)NN=Cc1ccccc1OCc1ccc([N+](=O)[O-])cc1. The smallest absolute Gasteiger partial charge is 0.269 e. The summed E-state index contributed by atoms with van der Waals surface area (Å²) >= 11 is 0. The molecule has 2 aromatic rings. The van der Waals surface area contributed by atoms with Crippen LogP contribution in [-0.2, 0) is 11.4 Å². The lowest BCUT2D eigenvalue weighted by atomic mass is 10.2. The zero-order chi connectivity index (χ0) is 18.1. The normalized spacial score (nSPS) is 10.2. The van der Waals surface area contributed by atoms with Gasteiger partial charge >= 0.3 is 0 Å². The highest BCUT2D eigenvalue weighted by atomic mass is 16.6. The number of hydrazone groups is 1. The first-order valence-electron chi connectivity index (χ1n) is 7.24. The number of carbonyl (C=O) groups is 1. The first-order valence-corrected chi connectivity index (χ1v) is 7.24. The van der Waals surface area contributed by atoms with Crippen LogP contribution in [0.1, 0.15) is 17.5 Å². The second-order valence-electron chi connectivity index (χ2n) is 4.88. The van der Waals surface area contributed by atoms with Crippen molar-refractivity contribution < 1.29 is 14.5 Å². The highest BCUT2D eigenvalue weighted by Gasteiger charge is 2.06. The van der Waals surface area contributed by atoms with Gasteiger partial charge in [-0.25, -0.2) is 5.43 Å². The molecule has 0 aliphatic rings. The number of nitro groups is 1. The molecule has 0 spiro atoms. The maximum absolute atomic E-state index is 11.2. The van der Waals surface area contributed by atoms with Crippen molar-refractivity contribution in [3.63, 3.8) is 0 Å². The van der Waals surface area contributed by atoms with Gasteiger partial charge in [-0.05, 0) is 29.8 Å². The highest BCUT2D eigenvalue weighted by molar-refractivity contribution is 5.85. The Bertz CT molecular complexity index is 825. The van der Waals surface area contributed by atoms with Crippen molar-refractivity contribution in [3.8, 4) is 11.8 Å². The zero-order valence-corrected chi connectivity index (χ0v) is 13.1. The molecular weight excluding hydrogens is 324 g/mol. The standard InChI is InChI=1S/C17H14N4O4/c18-10-9-17(22)20-19-11-14-3-1-2-4-16(14)25-12-13-5-7-15(8-6-13)21(23)24/h1-8,11H,9,12H2,(H,20,22). The molecule has 2 rings (SSSR count). The number of ether oxygens (including phenoxy) is 1. The fraction of sp³-hybridized carbons (Fsp3) is 0.118. The van der Waals surface area contributed by atoms with Crippen LogP contribution in [0.4, 0.5) is 5.69 Å². The van der Waals surface area contributed by atoms with Gasteiger partial charge in [-0.15, -0.1) is 0 Å². The van der Waals surface area contributed by atoms with Gasteiger partial charge in [0.25, 0.3) is 11.6 Å². The maximum Gasteiger partial charge on any atom is 0.269 e. The molecule has 0 aliphatic carbocycles. The summed E-state index contributed by atoms with van der Waals surface area (Å²) in [4.78, 5) is 21.4. The van der Waals surface area contributed by atoms with Crippen LogP contribution in [0, 0.1) is 21.4 Å². The third-order valence-electron chi connectivity index (χ3n) is 3.09. The number of benzene rings is 2. The van der Waals surface area contributed by atoms with Crippen molar-refractivity contribution in [1.82, 2.24) is 5.43 Å². The van der Waals surface area contributed by atoms with Crippen LogP contribution in [0.25, 0.3) is 0 Å². The molecule has 0 saturated heterocycles. The Hall–Kier alpha value is -3.73. The molecule has 0 aliphatic heterocycles. The number of hydrogen-bond donors (Lipinski definition) is 1. The molecule has 0 bridgehead atoms. The lowest BCUT2D eigenvalue weighted by Crippen LogP contribution is -2.16. The fourth-order valence-corrected chi connectivity index (χ4v) is 1.88. The Morgan fingerprint density at radius 3 is 2.68 bits per heavy atom. The summed E-state index contributed by atoms with van der Waals surface area (Å²) in [6.45, 7) is 0.226. The van der Waals surface area contributed by atoms with E-state index in [4.69, 9.17) is 10.00 Å². The van der Waals surface area contributed by atoms with E-state index in [1.165, 1.54) is 18.3 Å². The summed E-state index contributed by atoms with van der Waals surface area (Å²) in [7, 11) is 0. The van der Waals surface area contributed by atoms with E-state index in [-0.39, 0.29) is 18.7 Å². The summed E-state index contributed by atoms with van der Waals surface area (Å²) in [5, 5.41) is 22.8. The van der Waals surface area contributed by atoms with E-state index in [0.717, 1.165) is 5.56 Å². The van der Waals surface area contributed by atoms with Crippen molar-refractivity contribution >= 4 is 17.8 Å². The van der Waals surface area contributed by atoms with Crippen LogP contribution in [0.2, 0.25) is 0 Å². The van der Waals surface area contributed by atoms with Crippen LogP contribution in [-0.4, -0.2) is 17.0 Å². The quantitative estimate of drug-likeness (QED) is 0.473. The summed E-state index contributed by atoms with van der Waals surface area (Å²) in [6, 6.07) is 14.9. The Morgan fingerprint density at radius 2 is 2.00 bits per heavy atom. The minimum Gasteiger partial charge on any atom is -0.488 e. The molecule has 8 heteroatoms. The van der Waals surface area contributed by atoms with Crippen molar-refractivity contribution in [2.24, 2.45) is 5.10 Å². The summed E-state index contributed by atoms with van der Waals surface area (Å²) in [6.07, 6.45) is 1.15. The number of nitrogens with one attached hydrogen (secondary N) is 1. The second kappa shape index (κ2) is 8.79. The summed E-state index contributed by atoms with van der Waals surface area (Å²) in [5.41, 5.74) is 3.67. The van der Waals surface area contributed by atoms with E-state index in [1.54, 1.807) is 42.5 Å². The largest absolute Gasteiger partial charge is 0.488 e. The van der Waals surface area contributed by atoms with Crippen LogP contribution < -0.4 is 10.2 Å². The van der Waals surface area contributed by atoms with Crippen molar-refractivity contribution in [1.29, 1.82) is 5.26 Å². The van der Waals surface area contributed by atoms with Crippen molar-refractivity contribution in [3.05, 3.63) is 69.8 Å². The lowest BCUT2D eigenvalue weighted by molar-refractivity contribution is -0.384. The first-order chi connectivity index (χ1) is 12.1. The zero-order valence-electron chi connectivity index (χ0n) is 13.1. The van der Waals surface area contributed by atoms with Gasteiger partial charge in [0.1, 0.15) is 18.8 Å². The summed E-state index contributed by atoms with van der Waals surface area (Å²) < 4.78 is 5.70. The Labute approximate surface area is 143 Å². The van der Waals surface area contributed by atoms with Crippen molar-refractivity contribution in [2.75, 3.05) is 0 Å². The molecule has 8 nitrogen and oxygen atoms in total. The molecule has 0 fully saturated rings. The number of hydrogen-bond acceptors (Lipinski definition) is 6. The van der Waals surface area contributed by atoms with Gasteiger partial charge in [-0.3, -0.25) is 14.9 Å². The summed E-state index contributed by atoms with van der Waals surface area (Å²) in [5.74, 6) is 0.0437.